The van der Waals surface area contributed by atoms with Crippen LogP contribution in [0.25, 0.3) is 0 Å². The lowest BCUT2D eigenvalue weighted by Gasteiger charge is -2.14. The lowest BCUT2D eigenvalue weighted by atomic mass is 10.1. The van der Waals surface area contributed by atoms with Crippen molar-refractivity contribution in [2.75, 3.05) is 5.75 Å². The molecule has 2 aliphatic carbocycles. The molecule has 7 nitrogen and oxygen atoms in total. The maximum absolute atomic E-state index is 8.69. The molecule has 1 aromatic heterocycles. The Morgan fingerprint density at radius 1 is 1.45 bits per heavy atom. The average Bonchev–Trinajstić information content (AvgIpc) is 2.88. The second-order valence-electron chi connectivity index (χ2n) is 5.90. The molecule has 0 bridgehead atoms. The Morgan fingerprint density at radius 3 is 2.85 bits per heavy atom. The van der Waals surface area contributed by atoms with Gasteiger partial charge in [0.1, 0.15) is 5.84 Å². The van der Waals surface area contributed by atoms with Gasteiger partial charge in [0.05, 0.1) is 6.04 Å². The summed E-state index contributed by atoms with van der Waals surface area (Å²) in [6.45, 7) is 0. The van der Waals surface area contributed by atoms with Gasteiger partial charge in [0, 0.05) is 12.2 Å². The monoisotopic (exact) mass is 296 g/mol. The lowest BCUT2D eigenvalue weighted by Crippen LogP contribution is -2.19. The molecule has 3 rings (SSSR count). The van der Waals surface area contributed by atoms with Crippen LogP contribution in [0.1, 0.15) is 51.0 Å². The van der Waals surface area contributed by atoms with Gasteiger partial charge in [0.15, 0.2) is 0 Å². The van der Waals surface area contributed by atoms with Gasteiger partial charge in [0.2, 0.25) is 5.16 Å². The molecule has 20 heavy (non-hydrogen) atoms. The van der Waals surface area contributed by atoms with Crippen LogP contribution < -0.4 is 5.73 Å². The molecular formula is C12H20N6OS. The summed E-state index contributed by atoms with van der Waals surface area (Å²) in [6, 6.07) is 0.465. The third kappa shape index (κ3) is 2.89. The fraction of sp³-hybridized carbons (Fsp3) is 0.833. The zero-order valence-electron chi connectivity index (χ0n) is 11.4. The summed E-state index contributed by atoms with van der Waals surface area (Å²) in [5.74, 6) is 1.24. The highest BCUT2D eigenvalue weighted by Crippen LogP contribution is 2.51. The number of hydrogen-bond acceptors (Lipinski definition) is 6. The Hall–Kier alpha value is -1.31. The molecule has 1 heterocycles. The Morgan fingerprint density at radius 2 is 2.20 bits per heavy atom. The summed E-state index contributed by atoms with van der Waals surface area (Å²) in [5.41, 5.74) is 5.80. The second-order valence-corrected chi connectivity index (χ2v) is 6.84. The Balaban J connectivity index is 1.60. The number of amidine groups is 1. The average molecular weight is 296 g/mol. The molecule has 0 unspecified atom stereocenters. The highest BCUT2D eigenvalue weighted by Gasteiger charge is 2.43. The van der Waals surface area contributed by atoms with Crippen LogP contribution in [0.5, 0.6) is 0 Å². The van der Waals surface area contributed by atoms with Crippen molar-refractivity contribution in [1.82, 2.24) is 20.2 Å². The summed E-state index contributed by atoms with van der Waals surface area (Å²) < 4.78 is 1.98. The van der Waals surface area contributed by atoms with E-state index in [9.17, 15) is 0 Å². The van der Waals surface area contributed by atoms with E-state index >= 15 is 0 Å². The van der Waals surface area contributed by atoms with Crippen molar-refractivity contribution in [2.45, 2.75) is 56.1 Å². The first kappa shape index (κ1) is 13.7. The van der Waals surface area contributed by atoms with Gasteiger partial charge in [-0.1, -0.05) is 29.8 Å². The number of hydrogen-bond donors (Lipinski definition) is 2. The van der Waals surface area contributed by atoms with Gasteiger partial charge in [-0.05, 0) is 41.5 Å². The summed E-state index contributed by atoms with van der Waals surface area (Å²) in [5, 5.41) is 24.8. The molecule has 0 atom stereocenters. The molecule has 0 aliphatic heterocycles. The van der Waals surface area contributed by atoms with E-state index < -0.39 is 0 Å². The van der Waals surface area contributed by atoms with Crippen molar-refractivity contribution in [3.05, 3.63) is 0 Å². The summed E-state index contributed by atoms with van der Waals surface area (Å²) in [7, 11) is 0. The molecule has 0 spiro atoms. The standard InChI is InChI=1S/C12H20N6OS/c13-10(15-19)7-12(5-6-12)8-20-11-14-16-17-18(11)9-3-1-2-4-9/h9,19H,1-8H2,(H2,13,15). The Bertz CT molecular complexity index is 492. The van der Waals surface area contributed by atoms with Crippen LogP contribution in [-0.4, -0.2) is 37.0 Å². The summed E-state index contributed by atoms with van der Waals surface area (Å²) >= 11 is 1.70. The second kappa shape index (κ2) is 5.59. The van der Waals surface area contributed by atoms with Gasteiger partial charge < -0.3 is 10.9 Å². The lowest BCUT2D eigenvalue weighted by molar-refractivity contribution is 0.315. The number of nitrogens with zero attached hydrogens (tertiary/aromatic N) is 5. The maximum Gasteiger partial charge on any atom is 0.209 e. The van der Waals surface area contributed by atoms with E-state index in [1.54, 1.807) is 11.8 Å². The third-order valence-corrected chi connectivity index (χ3v) is 5.57. The predicted molar refractivity (Wildman–Crippen MR) is 75.7 cm³/mol. The van der Waals surface area contributed by atoms with E-state index in [0.717, 1.165) is 23.8 Å². The van der Waals surface area contributed by atoms with Crippen molar-refractivity contribution in [2.24, 2.45) is 16.3 Å². The normalized spacial score (nSPS) is 22.3. The molecule has 110 valence electrons. The van der Waals surface area contributed by atoms with Crippen LogP contribution in [-0.2, 0) is 0 Å². The van der Waals surface area contributed by atoms with Gasteiger partial charge >= 0.3 is 0 Å². The zero-order valence-corrected chi connectivity index (χ0v) is 12.2. The number of nitrogens with two attached hydrogens (primary N) is 1. The van der Waals surface area contributed by atoms with Crippen molar-refractivity contribution in [3.63, 3.8) is 0 Å². The summed E-state index contributed by atoms with van der Waals surface area (Å²) in [4.78, 5) is 0. The van der Waals surface area contributed by atoms with Crippen LogP contribution in [0.2, 0.25) is 0 Å². The van der Waals surface area contributed by atoms with E-state index in [1.165, 1.54) is 25.7 Å². The number of aromatic nitrogens is 4. The Labute approximate surface area is 122 Å². The van der Waals surface area contributed by atoms with E-state index in [0.29, 0.717) is 18.3 Å². The van der Waals surface area contributed by atoms with Gasteiger partial charge in [-0.15, -0.1) is 5.10 Å². The highest BCUT2D eigenvalue weighted by atomic mass is 32.2. The van der Waals surface area contributed by atoms with Gasteiger partial charge in [0.25, 0.3) is 0 Å². The van der Waals surface area contributed by atoms with Crippen molar-refractivity contribution < 1.29 is 5.21 Å². The van der Waals surface area contributed by atoms with Crippen LogP contribution in [0, 0.1) is 5.41 Å². The van der Waals surface area contributed by atoms with E-state index in [-0.39, 0.29) is 5.41 Å². The van der Waals surface area contributed by atoms with Crippen LogP contribution in [0.4, 0.5) is 0 Å². The predicted octanol–water partition coefficient (Wildman–Crippen LogP) is 1.80. The molecule has 0 radical (unpaired) electrons. The molecule has 0 aromatic carbocycles. The molecular weight excluding hydrogens is 276 g/mol. The topological polar surface area (TPSA) is 102 Å². The van der Waals surface area contributed by atoms with E-state index in [4.69, 9.17) is 10.9 Å². The van der Waals surface area contributed by atoms with Gasteiger partial charge in [-0.2, -0.15) is 0 Å². The molecule has 2 saturated carbocycles. The van der Waals surface area contributed by atoms with Crippen molar-refractivity contribution >= 4 is 17.6 Å². The van der Waals surface area contributed by atoms with Gasteiger partial charge in [-0.25, -0.2) is 4.68 Å². The maximum atomic E-state index is 8.69. The van der Waals surface area contributed by atoms with Gasteiger partial charge in [-0.3, -0.25) is 0 Å². The minimum atomic E-state index is 0.174. The summed E-state index contributed by atoms with van der Waals surface area (Å²) in [6.07, 6.45) is 7.79. The first-order valence-corrected chi connectivity index (χ1v) is 8.08. The SMILES string of the molecule is NC(CC1(CSc2nnnn2C2CCCC2)CC1)=NO. The van der Waals surface area contributed by atoms with E-state index in [1.807, 2.05) is 4.68 Å². The highest BCUT2D eigenvalue weighted by molar-refractivity contribution is 7.99. The number of oxime groups is 1. The zero-order chi connectivity index (χ0) is 14.0. The van der Waals surface area contributed by atoms with Crippen molar-refractivity contribution in [1.29, 1.82) is 0 Å². The fourth-order valence-electron chi connectivity index (χ4n) is 2.84. The quantitative estimate of drug-likeness (QED) is 0.273. The smallest absolute Gasteiger partial charge is 0.209 e. The molecule has 1 aromatic rings. The first-order chi connectivity index (χ1) is 9.72. The fourth-order valence-corrected chi connectivity index (χ4v) is 4.08. The Kier molecular flexibility index (Phi) is 3.82. The van der Waals surface area contributed by atoms with Crippen LogP contribution >= 0.6 is 11.8 Å². The molecule has 2 fully saturated rings. The van der Waals surface area contributed by atoms with Crippen molar-refractivity contribution in [3.8, 4) is 0 Å². The number of tetrazole rings is 1. The molecule has 3 N–H and O–H groups in total. The third-order valence-electron chi connectivity index (χ3n) is 4.28. The molecule has 8 heteroatoms. The minimum Gasteiger partial charge on any atom is -0.409 e. The van der Waals surface area contributed by atoms with Crippen LogP contribution in [0.15, 0.2) is 10.3 Å². The van der Waals surface area contributed by atoms with Crippen LogP contribution in [0.3, 0.4) is 0 Å². The number of thioether (sulfide) groups is 1. The minimum absolute atomic E-state index is 0.174. The van der Waals surface area contributed by atoms with E-state index in [2.05, 4.69) is 20.7 Å². The first-order valence-electron chi connectivity index (χ1n) is 7.09. The largest absolute Gasteiger partial charge is 0.409 e. The number of rotatable bonds is 6. The molecule has 2 aliphatic rings. The molecule has 0 amide bonds. The molecule has 0 saturated heterocycles.